The van der Waals surface area contributed by atoms with E-state index in [1.807, 2.05) is 0 Å². The van der Waals surface area contributed by atoms with E-state index < -0.39 is 21.9 Å². The summed E-state index contributed by atoms with van der Waals surface area (Å²) in [6, 6.07) is 2.21. The Bertz CT molecular complexity index is 551. The first kappa shape index (κ1) is 13.3. The third-order valence-electron chi connectivity index (χ3n) is 3.12. The first-order valence-corrected chi connectivity index (χ1v) is 7.00. The number of aliphatic hydroxyl groups excluding tert-OH is 1. The Morgan fingerprint density at radius 1 is 1.50 bits per heavy atom. The molecule has 0 aromatic heterocycles. The lowest BCUT2D eigenvalue weighted by Gasteiger charge is -2.16. The van der Waals surface area contributed by atoms with Crippen molar-refractivity contribution in [2.24, 2.45) is 0 Å². The molecule has 0 bridgehead atoms. The van der Waals surface area contributed by atoms with Gasteiger partial charge in [-0.2, -0.15) is 4.31 Å². The summed E-state index contributed by atoms with van der Waals surface area (Å²) < 4.78 is 39.0. The molecule has 1 aliphatic rings. The highest BCUT2D eigenvalue weighted by molar-refractivity contribution is 7.89. The SMILES string of the molecule is Cc1c(N)cc(S(=O)(=O)N2CCC(O)C2)cc1F. The van der Waals surface area contributed by atoms with Crippen LogP contribution in [0.4, 0.5) is 10.1 Å². The van der Waals surface area contributed by atoms with Crippen LogP contribution < -0.4 is 5.73 Å². The molecule has 0 aliphatic carbocycles. The zero-order chi connectivity index (χ0) is 13.5. The van der Waals surface area contributed by atoms with Crippen LogP contribution in [-0.2, 0) is 10.0 Å². The van der Waals surface area contributed by atoms with Crippen LogP contribution in [0.2, 0.25) is 0 Å². The van der Waals surface area contributed by atoms with Crippen molar-refractivity contribution in [1.82, 2.24) is 4.31 Å². The maximum absolute atomic E-state index is 13.5. The monoisotopic (exact) mass is 274 g/mol. The van der Waals surface area contributed by atoms with Crippen LogP contribution in [0.15, 0.2) is 17.0 Å². The Labute approximate surface area is 105 Å². The van der Waals surface area contributed by atoms with Crippen LogP contribution in [0.25, 0.3) is 0 Å². The number of nitrogens with zero attached hydrogens (tertiary/aromatic N) is 1. The Balaban J connectivity index is 2.42. The van der Waals surface area contributed by atoms with Crippen molar-refractivity contribution in [3.8, 4) is 0 Å². The van der Waals surface area contributed by atoms with Gasteiger partial charge in [0.2, 0.25) is 10.0 Å². The number of nitrogens with two attached hydrogens (primary N) is 1. The van der Waals surface area contributed by atoms with Crippen molar-refractivity contribution in [2.75, 3.05) is 18.8 Å². The number of sulfonamides is 1. The Hall–Kier alpha value is -1.18. The minimum absolute atomic E-state index is 0.0394. The quantitative estimate of drug-likeness (QED) is 0.768. The first-order valence-electron chi connectivity index (χ1n) is 5.56. The molecule has 1 saturated heterocycles. The van der Waals surface area contributed by atoms with Gasteiger partial charge < -0.3 is 10.8 Å². The van der Waals surface area contributed by atoms with Crippen LogP contribution in [0.1, 0.15) is 12.0 Å². The summed E-state index contributed by atoms with van der Waals surface area (Å²) in [7, 11) is -3.78. The normalized spacial score (nSPS) is 21.4. The fourth-order valence-electron chi connectivity index (χ4n) is 1.90. The molecule has 7 heteroatoms. The molecule has 18 heavy (non-hydrogen) atoms. The van der Waals surface area contributed by atoms with Gasteiger partial charge in [-0.15, -0.1) is 0 Å². The Kier molecular flexibility index (Phi) is 3.31. The smallest absolute Gasteiger partial charge is 0.243 e. The molecular weight excluding hydrogens is 259 g/mol. The van der Waals surface area contributed by atoms with E-state index in [0.717, 1.165) is 10.4 Å². The summed E-state index contributed by atoms with van der Waals surface area (Å²) >= 11 is 0. The number of hydrogen-bond acceptors (Lipinski definition) is 4. The molecule has 1 atom stereocenters. The first-order chi connectivity index (χ1) is 8.32. The zero-order valence-corrected chi connectivity index (χ0v) is 10.7. The molecule has 100 valence electrons. The van der Waals surface area contributed by atoms with Gasteiger partial charge in [-0.1, -0.05) is 0 Å². The van der Waals surface area contributed by atoms with E-state index >= 15 is 0 Å². The van der Waals surface area contributed by atoms with Gasteiger partial charge in [0.1, 0.15) is 5.82 Å². The zero-order valence-electron chi connectivity index (χ0n) is 9.93. The fourth-order valence-corrected chi connectivity index (χ4v) is 3.44. The summed E-state index contributed by atoms with van der Waals surface area (Å²) in [4.78, 5) is -0.169. The highest BCUT2D eigenvalue weighted by Gasteiger charge is 2.32. The summed E-state index contributed by atoms with van der Waals surface area (Å²) in [6.45, 7) is 1.76. The van der Waals surface area contributed by atoms with Crippen molar-refractivity contribution in [2.45, 2.75) is 24.3 Å². The number of halogens is 1. The van der Waals surface area contributed by atoms with Gasteiger partial charge in [0.15, 0.2) is 0 Å². The second-order valence-corrected chi connectivity index (χ2v) is 6.36. The number of aliphatic hydroxyl groups is 1. The van der Waals surface area contributed by atoms with Gasteiger partial charge in [-0.3, -0.25) is 0 Å². The van der Waals surface area contributed by atoms with Crippen LogP contribution in [-0.4, -0.2) is 37.0 Å². The lowest BCUT2D eigenvalue weighted by Crippen LogP contribution is -2.29. The second-order valence-electron chi connectivity index (χ2n) is 4.42. The topological polar surface area (TPSA) is 83.6 Å². The lowest BCUT2D eigenvalue weighted by molar-refractivity contribution is 0.189. The van der Waals surface area contributed by atoms with Gasteiger partial charge in [-0.25, -0.2) is 12.8 Å². The maximum Gasteiger partial charge on any atom is 0.243 e. The summed E-state index contributed by atoms with van der Waals surface area (Å²) in [6.07, 6.45) is -0.268. The third kappa shape index (κ3) is 2.21. The van der Waals surface area contributed by atoms with E-state index in [1.165, 1.54) is 13.0 Å². The molecule has 1 heterocycles. The van der Waals surface area contributed by atoms with Gasteiger partial charge in [0.25, 0.3) is 0 Å². The Morgan fingerprint density at radius 2 is 2.17 bits per heavy atom. The lowest BCUT2D eigenvalue weighted by atomic mass is 10.2. The molecule has 1 aliphatic heterocycles. The predicted molar refractivity (Wildman–Crippen MR) is 64.9 cm³/mol. The van der Waals surface area contributed by atoms with E-state index in [2.05, 4.69) is 0 Å². The number of hydrogen-bond donors (Lipinski definition) is 2. The molecule has 1 aromatic carbocycles. The molecule has 3 N–H and O–H groups in total. The average Bonchev–Trinajstić information content (AvgIpc) is 2.72. The van der Waals surface area contributed by atoms with Crippen molar-refractivity contribution < 1.29 is 17.9 Å². The minimum Gasteiger partial charge on any atom is -0.398 e. The average molecular weight is 274 g/mol. The van der Waals surface area contributed by atoms with E-state index in [9.17, 15) is 17.9 Å². The third-order valence-corrected chi connectivity index (χ3v) is 4.96. The van der Waals surface area contributed by atoms with E-state index in [1.54, 1.807) is 0 Å². The standard InChI is InChI=1S/C11H15FN2O3S/c1-7-10(12)4-9(5-11(7)13)18(16,17)14-3-2-8(15)6-14/h4-5,8,15H,2-3,6,13H2,1H3. The molecule has 1 aromatic rings. The second kappa shape index (κ2) is 4.49. The summed E-state index contributed by atoms with van der Waals surface area (Å²) in [5, 5.41) is 9.36. The van der Waals surface area contributed by atoms with Crippen molar-refractivity contribution in [1.29, 1.82) is 0 Å². The van der Waals surface area contributed by atoms with Crippen LogP contribution in [0.5, 0.6) is 0 Å². The van der Waals surface area contributed by atoms with E-state index in [-0.39, 0.29) is 29.2 Å². The molecular formula is C11H15FN2O3S. The van der Waals surface area contributed by atoms with Crippen LogP contribution >= 0.6 is 0 Å². The molecule has 5 nitrogen and oxygen atoms in total. The number of β-amino-alcohol motifs (C(OH)–C–C–N with tert-alkyl or cyclic N) is 1. The highest BCUT2D eigenvalue weighted by atomic mass is 32.2. The molecule has 0 radical (unpaired) electrons. The van der Waals surface area contributed by atoms with Crippen LogP contribution in [0.3, 0.4) is 0 Å². The fraction of sp³-hybridized carbons (Fsp3) is 0.455. The van der Waals surface area contributed by atoms with Crippen molar-refractivity contribution >= 4 is 15.7 Å². The number of anilines is 1. The predicted octanol–water partition coefficient (Wildman–Crippen LogP) is 0.472. The Morgan fingerprint density at radius 3 is 2.67 bits per heavy atom. The summed E-state index contributed by atoms with van der Waals surface area (Å²) in [5.74, 6) is -0.645. The largest absolute Gasteiger partial charge is 0.398 e. The van der Waals surface area contributed by atoms with Crippen molar-refractivity contribution in [3.05, 3.63) is 23.5 Å². The number of nitrogen functional groups attached to an aromatic ring is 1. The molecule has 1 fully saturated rings. The minimum atomic E-state index is -3.78. The van der Waals surface area contributed by atoms with Crippen molar-refractivity contribution in [3.63, 3.8) is 0 Å². The molecule has 0 spiro atoms. The molecule has 1 unspecified atom stereocenters. The highest BCUT2D eigenvalue weighted by Crippen LogP contribution is 2.25. The summed E-state index contributed by atoms with van der Waals surface area (Å²) in [5.41, 5.74) is 5.91. The molecule has 0 saturated carbocycles. The van der Waals surface area contributed by atoms with Gasteiger partial charge in [0.05, 0.1) is 11.0 Å². The van der Waals surface area contributed by atoms with Crippen LogP contribution in [0, 0.1) is 12.7 Å². The van der Waals surface area contributed by atoms with E-state index in [4.69, 9.17) is 5.73 Å². The maximum atomic E-state index is 13.5. The molecule has 0 amide bonds. The van der Waals surface area contributed by atoms with E-state index in [0.29, 0.717) is 6.42 Å². The van der Waals surface area contributed by atoms with Gasteiger partial charge in [0, 0.05) is 24.3 Å². The van der Waals surface area contributed by atoms with Gasteiger partial charge >= 0.3 is 0 Å². The number of rotatable bonds is 2. The molecule has 2 rings (SSSR count). The number of benzene rings is 1. The van der Waals surface area contributed by atoms with Gasteiger partial charge in [-0.05, 0) is 25.5 Å².